The smallest absolute Gasteiger partial charge is 0.0136 e. The van der Waals surface area contributed by atoms with E-state index in [0.29, 0.717) is 0 Å². The van der Waals surface area contributed by atoms with E-state index in [2.05, 4.69) is 11.5 Å². The molecule has 0 N–H and O–H groups in total. The zero-order valence-electron chi connectivity index (χ0n) is 8.54. The molecule has 74 valence electrons. The van der Waals surface area contributed by atoms with Crippen LogP contribution in [-0.2, 0) is 0 Å². The summed E-state index contributed by atoms with van der Waals surface area (Å²) in [4.78, 5) is 2.66. The summed E-state index contributed by atoms with van der Waals surface area (Å²) >= 11 is 0. The summed E-state index contributed by atoms with van der Waals surface area (Å²) in [7, 11) is 0. The van der Waals surface area contributed by atoms with E-state index < -0.39 is 0 Å². The van der Waals surface area contributed by atoms with E-state index >= 15 is 0 Å². The molecule has 2 aliphatic rings. The molecule has 0 aromatic heterocycles. The molecule has 0 spiro atoms. The van der Waals surface area contributed by atoms with Crippen molar-refractivity contribution in [2.75, 3.05) is 13.1 Å². The number of hydrogen-bond donors (Lipinski definition) is 0. The van der Waals surface area contributed by atoms with Crippen molar-refractivity contribution in [3.8, 4) is 0 Å². The molecule has 0 radical (unpaired) electrons. The van der Waals surface area contributed by atoms with Gasteiger partial charge in [0, 0.05) is 19.1 Å². The highest BCUT2D eigenvalue weighted by Crippen LogP contribution is 2.35. The van der Waals surface area contributed by atoms with E-state index in [-0.39, 0.29) is 0 Å². The Morgan fingerprint density at radius 2 is 2.08 bits per heavy atom. The Balaban J connectivity index is 1.79. The van der Waals surface area contributed by atoms with Crippen molar-refractivity contribution in [3.63, 3.8) is 0 Å². The Bertz CT molecular complexity index is 176. The van der Waals surface area contributed by atoms with Gasteiger partial charge in [0.05, 0.1) is 0 Å². The first-order chi connectivity index (χ1) is 6.42. The van der Waals surface area contributed by atoms with E-state index in [1.54, 1.807) is 0 Å². The van der Waals surface area contributed by atoms with Gasteiger partial charge < -0.3 is 0 Å². The van der Waals surface area contributed by atoms with Crippen LogP contribution in [0.1, 0.15) is 38.5 Å². The second-order valence-electron chi connectivity index (χ2n) is 4.54. The highest BCUT2D eigenvalue weighted by atomic mass is 15.2. The van der Waals surface area contributed by atoms with Crippen LogP contribution in [0.25, 0.3) is 0 Å². The number of likely N-dealkylation sites (tertiary alicyclic amines) is 1. The summed E-state index contributed by atoms with van der Waals surface area (Å²) in [5, 5.41) is 0. The summed E-state index contributed by atoms with van der Waals surface area (Å²) in [5.74, 6) is 1.05. The van der Waals surface area contributed by atoms with Crippen LogP contribution in [0.2, 0.25) is 0 Å². The molecule has 1 aliphatic carbocycles. The molecule has 2 unspecified atom stereocenters. The summed E-state index contributed by atoms with van der Waals surface area (Å²) in [6.07, 6.45) is 10.6. The molecule has 0 aromatic carbocycles. The molecule has 1 saturated carbocycles. The van der Waals surface area contributed by atoms with Gasteiger partial charge in [0.1, 0.15) is 0 Å². The Morgan fingerprint density at radius 1 is 1.23 bits per heavy atom. The summed E-state index contributed by atoms with van der Waals surface area (Å²) in [5.41, 5.74) is 0. The van der Waals surface area contributed by atoms with E-state index in [0.717, 1.165) is 12.0 Å². The normalized spacial score (nSPS) is 34.5. The van der Waals surface area contributed by atoms with Crippen molar-refractivity contribution in [1.82, 2.24) is 4.90 Å². The predicted octanol–water partition coefficient (Wildman–Crippen LogP) is 2.83. The van der Waals surface area contributed by atoms with Crippen LogP contribution in [0.5, 0.6) is 0 Å². The lowest BCUT2D eigenvalue weighted by molar-refractivity contribution is 0.0122. The van der Waals surface area contributed by atoms with Crippen molar-refractivity contribution < 1.29 is 0 Å². The van der Waals surface area contributed by atoms with Crippen molar-refractivity contribution in [2.24, 2.45) is 5.92 Å². The fourth-order valence-corrected chi connectivity index (χ4v) is 2.87. The molecule has 0 amide bonds. The summed E-state index contributed by atoms with van der Waals surface area (Å²) in [6.45, 7) is 6.42. The minimum Gasteiger partial charge on any atom is -0.299 e. The van der Waals surface area contributed by atoms with Crippen LogP contribution in [-0.4, -0.2) is 24.0 Å². The molecule has 2 rings (SSSR count). The number of fused-ring (bicyclic) bond motifs is 1. The van der Waals surface area contributed by atoms with Gasteiger partial charge in [-0.2, -0.15) is 0 Å². The predicted molar refractivity (Wildman–Crippen MR) is 56.8 cm³/mol. The Hall–Kier alpha value is -0.300. The first-order valence-corrected chi connectivity index (χ1v) is 5.77. The van der Waals surface area contributed by atoms with E-state index in [1.807, 2.05) is 6.08 Å². The fourth-order valence-electron chi connectivity index (χ4n) is 2.87. The molecular formula is C12H21N. The zero-order chi connectivity index (χ0) is 9.10. The fraction of sp³-hybridized carbons (Fsp3) is 0.833. The molecule has 2 fully saturated rings. The topological polar surface area (TPSA) is 3.24 Å². The van der Waals surface area contributed by atoms with Crippen LogP contribution in [0.3, 0.4) is 0 Å². The quantitative estimate of drug-likeness (QED) is 0.602. The molecule has 1 saturated heterocycles. The molecule has 1 heterocycles. The molecular weight excluding hydrogens is 158 g/mol. The highest BCUT2D eigenvalue weighted by molar-refractivity contribution is 4.93. The SMILES string of the molecule is C=CCCN1CC2CCCCCC21. The average Bonchev–Trinajstić information content (AvgIpc) is 2.29. The van der Waals surface area contributed by atoms with Gasteiger partial charge in [0.2, 0.25) is 0 Å². The van der Waals surface area contributed by atoms with Gasteiger partial charge in [-0.3, -0.25) is 4.90 Å². The minimum absolute atomic E-state index is 0.947. The third-order valence-electron chi connectivity index (χ3n) is 3.68. The van der Waals surface area contributed by atoms with Crippen molar-refractivity contribution >= 4 is 0 Å². The van der Waals surface area contributed by atoms with Crippen molar-refractivity contribution in [1.29, 1.82) is 0 Å². The Labute approximate surface area is 81.8 Å². The monoisotopic (exact) mass is 179 g/mol. The molecule has 0 aromatic rings. The van der Waals surface area contributed by atoms with Crippen LogP contribution in [0, 0.1) is 5.92 Å². The minimum atomic E-state index is 0.947. The molecule has 1 aliphatic heterocycles. The molecule has 2 atom stereocenters. The van der Waals surface area contributed by atoms with Crippen LogP contribution in [0.4, 0.5) is 0 Å². The third kappa shape index (κ3) is 1.96. The van der Waals surface area contributed by atoms with Gasteiger partial charge >= 0.3 is 0 Å². The lowest BCUT2D eigenvalue weighted by Crippen LogP contribution is -2.55. The van der Waals surface area contributed by atoms with Crippen LogP contribution >= 0.6 is 0 Å². The number of rotatable bonds is 3. The summed E-state index contributed by atoms with van der Waals surface area (Å²) < 4.78 is 0. The molecule has 1 nitrogen and oxygen atoms in total. The van der Waals surface area contributed by atoms with E-state index in [4.69, 9.17) is 0 Å². The maximum atomic E-state index is 3.79. The van der Waals surface area contributed by atoms with Crippen LogP contribution in [0.15, 0.2) is 12.7 Å². The second kappa shape index (κ2) is 4.28. The Kier molecular flexibility index (Phi) is 3.05. The molecule has 0 bridgehead atoms. The third-order valence-corrected chi connectivity index (χ3v) is 3.68. The lowest BCUT2D eigenvalue weighted by Gasteiger charge is -2.48. The van der Waals surface area contributed by atoms with Gasteiger partial charge in [0.15, 0.2) is 0 Å². The van der Waals surface area contributed by atoms with Gasteiger partial charge in [-0.25, -0.2) is 0 Å². The van der Waals surface area contributed by atoms with Crippen molar-refractivity contribution in [3.05, 3.63) is 12.7 Å². The van der Waals surface area contributed by atoms with Gasteiger partial charge in [-0.15, -0.1) is 6.58 Å². The molecule has 13 heavy (non-hydrogen) atoms. The Morgan fingerprint density at radius 3 is 2.92 bits per heavy atom. The van der Waals surface area contributed by atoms with Gasteiger partial charge in [0.25, 0.3) is 0 Å². The molecule has 1 heteroatoms. The van der Waals surface area contributed by atoms with Crippen LogP contribution < -0.4 is 0 Å². The van der Waals surface area contributed by atoms with E-state index in [1.165, 1.54) is 51.6 Å². The highest BCUT2D eigenvalue weighted by Gasteiger charge is 2.37. The number of hydrogen-bond acceptors (Lipinski definition) is 1. The zero-order valence-corrected chi connectivity index (χ0v) is 8.54. The largest absolute Gasteiger partial charge is 0.299 e. The second-order valence-corrected chi connectivity index (χ2v) is 4.54. The maximum absolute atomic E-state index is 3.79. The standard InChI is InChI=1S/C12H21N/c1-2-3-9-13-10-11-7-5-4-6-8-12(11)13/h2,11-12H,1,3-10H2. The average molecular weight is 179 g/mol. The number of nitrogens with zero attached hydrogens (tertiary/aromatic N) is 1. The van der Waals surface area contributed by atoms with Gasteiger partial charge in [-0.05, 0) is 25.2 Å². The lowest BCUT2D eigenvalue weighted by atomic mass is 9.84. The van der Waals surface area contributed by atoms with Crippen molar-refractivity contribution in [2.45, 2.75) is 44.6 Å². The van der Waals surface area contributed by atoms with E-state index in [9.17, 15) is 0 Å². The first-order valence-electron chi connectivity index (χ1n) is 5.77. The first kappa shape index (κ1) is 9.26. The maximum Gasteiger partial charge on any atom is 0.0136 e. The summed E-state index contributed by atoms with van der Waals surface area (Å²) in [6, 6.07) is 0.947. The van der Waals surface area contributed by atoms with Gasteiger partial charge in [-0.1, -0.05) is 25.3 Å².